The van der Waals surface area contributed by atoms with Gasteiger partial charge in [-0.3, -0.25) is 10.1 Å². The molecule has 0 aliphatic rings. The van der Waals surface area contributed by atoms with E-state index in [1.165, 1.54) is 19.2 Å². The number of halogens is 3. The van der Waals surface area contributed by atoms with Crippen LogP contribution in [0.25, 0.3) is 11.4 Å². The van der Waals surface area contributed by atoms with E-state index < -0.39 is 22.2 Å². The molecule has 166 valence electrons. The second kappa shape index (κ2) is 9.99. The van der Waals surface area contributed by atoms with E-state index in [1.54, 1.807) is 36.7 Å². The number of aromatic amines is 1. The first-order valence-electron chi connectivity index (χ1n) is 8.28. The van der Waals surface area contributed by atoms with Crippen LogP contribution in [-0.4, -0.2) is 52.9 Å². The van der Waals surface area contributed by atoms with Gasteiger partial charge in [-0.05, 0) is 36.4 Å². The first-order valence-corrected chi connectivity index (χ1v) is 9.77. The summed E-state index contributed by atoms with van der Waals surface area (Å²) in [6.07, 6.45) is -1.81. The van der Waals surface area contributed by atoms with Crippen molar-refractivity contribution in [1.82, 2.24) is 24.9 Å². The van der Waals surface area contributed by atoms with Gasteiger partial charge in [0.05, 0.1) is 18.6 Å². The molecule has 0 saturated heterocycles. The topological polar surface area (TPSA) is 147 Å². The fraction of sp³-hybridized carbons (Fsp3) is 0.176. The van der Waals surface area contributed by atoms with Gasteiger partial charge in [-0.15, -0.1) is 0 Å². The summed E-state index contributed by atoms with van der Waals surface area (Å²) in [5.74, 6) is -1.27. The number of rotatable bonds is 6. The molecule has 2 heterocycles. The number of hydrogen-bond acceptors (Lipinski definition) is 7. The molecule has 0 aliphatic carbocycles. The van der Waals surface area contributed by atoms with Gasteiger partial charge in [-0.2, -0.15) is 18.3 Å². The van der Waals surface area contributed by atoms with Crippen LogP contribution in [0.3, 0.4) is 0 Å². The average molecular weight is 459 g/mol. The van der Waals surface area contributed by atoms with Gasteiger partial charge in [-0.25, -0.2) is 22.9 Å². The minimum absolute atomic E-state index is 0.00639. The molecule has 14 heteroatoms. The fourth-order valence-electron chi connectivity index (χ4n) is 2.01. The number of ether oxygens (including phenoxy) is 1. The van der Waals surface area contributed by atoms with Gasteiger partial charge in [-0.1, -0.05) is 0 Å². The summed E-state index contributed by atoms with van der Waals surface area (Å²) in [5.41, 5.74) is 0.797. The minimum Gasteiger partial charge on any atom is -0.497 e. The molecule has 3 rings (SSSR count). The molecule has 3 aromatic rings. The van der Waals surface area contributed by atoms with E-state index in [0.29, 0.717) is 17.4 Å². The first kappa shape index (κ1) is 23.8. The number of carboxylic acids is 1. The van der Waals surface area contributed by atoms with Crippen molar-refractivity contribution in [3.05, 3.63) is 54.6 Å². The van der Waals surface area contributed by atoms with E-state index in [4.69, 9.17) is 14.6 Å². The van der Waals surface area contributed by atoms with Crippen LogP contribution in [0.5, 0.6) is 5.75 Å². The molecule has 0 saturated carbocycles. The van der Waals surface area contributed by atoms with E-state index in [9.17, 15) is 21.6 Å². The fourth-order valence-corrected chi connectivity index (χ4v) is 2.99. The third-order valence-corrected chi connectivity index (χ3v) is 4.93. The molecule has 0 radical (unpaired) electrons. The Labute approximate surface area is 174 Å². The van der Waals surface area contributed by atoms with Crippen molar-refractivity contribution in [2.75, 3.05) is 7.11 Å². The predicted octanol–water partition coefficient (Wildman–Crippen LogP) is 1.99. The van der Waals surface area contributed by atoms with E-state index in [1.807, 2.05) is 0 Å². The molecular weight excluding hydrogens is 443 g/mol. The Hall–Kier alpha value is -3.52. The lowest BCUT2D eigenvalue weighted by Gasteiger charge is -2.06. The third kappa shape index (κ3) is 7.04. The Bertz CT molecular complexity index is 1100. The highest BCUT2D eigenvalue weighted by molar-refractivity contribution is 7.89. The normalized spacial score (nSPS) is 11.4. The summed E-state index contributed by atoms with van der Waals surface area (Å²) >= 11 is 0. The van der Waals surface area contributed by atoms with Crippen molar-refractivity contribution in [2.45, 2.75) is 17.6 Å². The largest absolute Gasteiger partial charge is 0.497 e. The molecule has 0 amide bonds. The number of pyridine rings is 1. The Morgan fingerprint density at radius 1 is 1.16 bits per heavy atom. The molecule has 0 spiro atoms. The molecule has 0 aliphatic heterocycles. The van der Waals surface area contributed by atoms with Crippen LogP contribution in [-0.2, 0) is 21.4 Å². The number of carbonyl (C=O) groups is 1. The maximum absolute atomic E-state index is 12.3. The SMILES string of the molecule is COc1ccc(S(=O)(=O)NCc2nc(-c3ccncc3)n[nH]2)cc1.O=C(O)C(F)(F)F. The monoisotopic (exact) mass is 459 g/mol. The number of aromatic nitrogens is 4. The molecule has 3 N–H and O–H groups in total. The van der Waals surface area contributed by atoms with Crippen molar-refractivity contribution < 1.29 is 36.2 Å². The van der Waals surface area contributed by atoms with Crippen LogP contribution >= 0.6 is 0 Å². The number of H-pyrrole nitrogens is 1. The zero-order valence-electron chi connectivity index (χ0n) is 15.8. The molecule has 0 fully saturated rings. The van der Waals surface area contributed by atoms with Crippen LogP contribution in [0.15, 0.2) is 53.7 Å². The molecule has 0 unspecified atom stereocenters. The van der Waals surface area contributed by atoms with E-state index >= 15 is 0 Å². The molecule has 0 bridgehead atoms. The highest BCUT2D eigenvalue weighted by Crippen LogP contribution is 2.16. The van der Waals surface area contributed by atoms with Crippen molar-refractivity contribution in [3.63, 3.8) is 0 Å². The smallest absolute Gasteiger partial charge is 0.490 e. The zero-order chi connectivity index (χ0) is 23.1. The van der Waals surface area contributed by atoms with Gasteiger partial charge in [0.2, 0.25) is 10.0 Å². The maximum Gasteiger partial charge on any atom is 0.490 e. The summed E-state index contributed by atoms with van der Waals surface area (Å²) in [5, 5.41) is 13.9. The second-order valence-corrected chi connectivity index (χ2v) is 7.41. The van der Waals surface area contributed by atoms with E-state index in [0.717, 1.165) is 5.56 Å². The lowest BCUT2D eigenvalue weighted by atomic mass is 10.2. The summed E-state index contributed by atoms with van der Waals surface area (Å²) in [6, 6.07) is 9.67. The van der Waals surface area contributed by atoms with Crippen molar-refractivity contribution >= 4 is 16.0 Å². The van der Waals surface area contributed by atoms with Gasteiger partial charge in [0.15, 0.2) is 5.82 Å². The standard InChI is InChI=1S/C15H15N5O3S.C2HF3O2/c1-23-12-2-4-13(5-3-12)24(21,22)17-10-14-18-15(20-19-14)11-6-8-16-9-7-11;3-2(4,5)1(6)7/h2-9,17H,10H2,1H3,(H,18,19,20);(H,6,7). The van der Waals surface area contributed by atoms with E-state index in [-0.39, 0.29) is 11.4 Å². The first-order chi connectivity index (χ1) is 14.5. The van der Waals surface area contributed by atoms with Crippen LogP contribution in [0.4, 0.5) is 13.2 Å². The van der Waals surface area contributed by atoms with Crippen molar-refractivity contribution in [1.29, 1.82) is 0 Å². The number of benzene rings is 1. The molecule has 2 aromatic heterocycles. The van der Waals surface area contributed by atoms with Gasteiger partial charge in [0.1, 0.15) is 11.6 Å². The van der Waals surface area contributed by atoms with Gasteiger partial charge in [0, 0.05) is 18.0 Å². The number of carboxylic acid groups (broad SMARTS) is 1. The lowest BCUT2D eigenvalue weighted by molar-refractivity contribution is -0.192. The summed E-state index contributed by atoms with van der Waals surface area (Å²) in [6.45, 7) is 0.00639. The highest BCUT2D eigenvalue weighted by Gasteiger charge is 2.38. The molecule has 10 nitrogen and oxygen atoms in total. The van der Waals surface area contributed by atoms with Crippen LogP contribution in [0, 0.1) is 0 Å². The van der Waals surface area contributed by atoms with Crippen LogP contribution < -0.4 is 9.46 Å². The Morgan fingerprint density at radius 3 is 2.26 bits per heavy atom. The van der Waals surface area contributed by atoms with Crippen LogP contribution in [0.1, 0.15) is 5.82 Å². The van der Waals surface area contributed by atoms with E-state index in [2.05, 4.69) is 24.9 Å². The van der Waals surface area contributed by atoms with Gasteiger partial charge < -0.3 is 9.84 Å². The van der Waals surface area contributed by atoms with Gasteiger partial charge in [0.25, 0.3) is 0 Å². The Kier molecular flexibility index (Phi) is 7.66. The zero-order valence-corrected chi connectivity index (χ0v) is 16.6. The summed E-state index contributed by atoms with van der Waals surface area (Å²) < 4.78 is 63.7. The van der Waals surface area contributed by atoms with Crippen molar-refractivity contribution in [2.24, 2.45) is 0 Å². The molecule has 0 atom stereocenters. The summed E-state index contributed by atoms with van der Waals surface area (Å²) in [7, 11) is -2.12. The maximum atomic E-state index is 12.3. The predicted molar refractivity (Wildman–Crippen MR) is 100 cm³/mol. The number of aliphatic carboxylic acids is 1. The number of nitrogens with one attached hydrogen (secondary N) is 2. The Morgan fingerprint density at radius 2 is 1.74 bits per heavy atom. The highest BCUT2D eigenvalue weighted by atomic mass is 32.2. The lowest BCUT2D eigenvalue weighted by Crippen LogP contribution is -2.23. The number of hydrogen-bond donors (Lipinski definition) is 3. The minimum atomic E-state index is -5.08. The van der Waals surface area contributed by atoms with Gasteiger partial charge >= 0.3 is 12.1 Å². The summed E-state index contributed by atoms with van der Waals surface area (Å²) in [4.78, 5) is 17.2. The average Bonchev–Trinajstić information content (AvgIpc) is 3.22. The number of nitrogens with zero attached hydrogens (tertiary/aromatic N) is 3. The Balaban J connectivity index is 0.000000423. The molecule has 31 heavy (non-hydrogen) atoms. The number of methoxy groups -OCH3 is 1. The second-order valence-electron chi connectivity index (χ2n) is 5.64. The quantitative estimate of drug-likeness (QED) is 0.507. The molecule has 1 aromatic carbocycles. The van der Waals surface area contributed by atoms with Crippen LogP contribution in [0.2, 0.25) is 0 Å². The van der Waals surface area contributed by atoms with Crippen molar-refractivity contribution in [3.8, 4) is 17.1 Å². The number of sulfonamides is 1. The third-order valence-electron chi connectivity index (χ3n) is 3.51. The molecular formula is C17H16F3N5O5S. The number of alkyl halides is 3.